The second kappa shape index (κ2) is 9.43. The average Bonchev–Trinajstić information content (AvgIpc) is 2.79. The lowest BCUT2D eigenvalue weighted by atomic mass is 9.83. The lowest BCUT2D eigenvalue weighted by Crippen LogP contribution is -2.52. The maximum Gasteiger partial charge on any atom is 0.316 e. The Morgan fingerprint density at radius 1 is 1.20 bits per heavy atom. The van der Waals surface area contributed by atoms with Crippen LogP contribution in [0.4, 0.5) is 0 Å². The van der Waals surface area contributed by atoms with Crippen molar-refractivity contribution in [2.24, 2.45) is 0 Å². The number of hydrogen-bond donors (Lipinski definition) is 0. The van der Waals surface area contributed by atoms with E-state index in [-0.39, 0.29) is 17.6 Å². The molecule has 7 nitrogen and oxygen atoms in total. The van der Waals surface area contributed by atoms with E-state index in [1.54, 1.807) is 25.6 Å². The highest BCUT2D eigenvalue weighted by molar-refractivity contribution is 5.76. The number of nitrogens with zero attached hydrogens (tertiary/aromatic N) is 3. The number of hydrogen-bond acceptors (Lipinski definition) is 6. The van der Waals surface area contributed by atoms with Crippen LogP contribution in [0.5, 0.6) is 11.8 Å². The molecule has 1 spiro atoms. The SMILES string of the molecule is COc1ccc(CCC(=O)N2CCC3(CC2)CC(Oc2ncccn2)CCO3)cc1. The highest BCUT2D eigenvalue weighted by Gasteiger charge is 2.42. The Kier molecular flexibility index (Phi) is 6.47. The van der Waals surface area contributed by atoms with Crippen molar-refractivity contribution >= 4 is 5.91 Å². The van der Waals surface area contributed by atoms with Crippen molar-refractivity contribution in [3.63, 3.8) is 0 Å². The van der Waals surface area contributed by atoms with E-state index in [0.717, 1.165) is 56.5 Å². The summed E-state index contributed by atoms with van der Waals surface area (Å²) in [6.07, 6.45) is 8.04. The number of aryl methyl sites for hydroxylation is 1. The molecule has 2 saturated heterocycles. The minimum Gasteiger partial charge on any atom is -0.497 e. The van der Waals surface area contributed by atoms with Gasteiger partial charge in [0.2, 0.25) is 5.91 Å². The molecule has 7 heteroatoms. The normalized spacial score (nSPS) is 20.7. The fourth-order valence-electron chi connectivity index (χ4n) is 4.29. The topological polar surface area (TPSA) is 73.8 Å². The largest absolute Gasteiger partial charge is 0.497 e. The molecule has 0 N–H and O–H groups in total. The molecule has 1 aromatic carbocycles. The van der Waals surface area contributed by atoms with Gasteiger partial charge in [-0.2, -0.15) is 0 Å². The molecule has 160 valence electrons. The average molecular weight is 412 g/mol. The quantitative estimate of drug-likeness (QED) is 0.727. The molecule has 2 aliphatic rings. The van der Waals surface area contributed by atoms with Crippen molar-refractivity contribution in [1.29, 1.82) is 0 Å². The van der Waals surface area contributed by atoms with Gasteiger partial charge in [-0.15, -0.1) is 0 Å². The Hall–Kier alpha value is -2.67. The summed E-state index contributed by atoms with van der Waals surface area (Å²) < 4.78 is 17.3. The summed E-state index contributed by atoms with van der Waals surface area (Å²) in [5.41, 5.74) is 0.946. The maximum atomic E-state index is 12.7. The Labute approximate surface area is 177 Å². The first-order valence-electron chi connectivity index (χ1n) is 10.6. The molecule has 1 unspecified atom stereocenters. The summed E-state index contributed by atoms with van der Waals surface area (Å²) >= 11 is 0. The van der Waals surface area contributed by atoms with Crippen molar-refractivity contribution in [1.82, 2.24) is 14.9 Å². The van der Waals surface area contributed by atoms with E-state index < -0.39 is 0 Å². The molecule has 0 bridgehead atoms. The second-order valence-corrected chi connectivity index (χ2v) is 8.02. The third kappa shape index (κ3) is 5.08. The molecule has 0 saturated carbocycles. The van der Waals surface area contributed by atoms with Crippen LogP contribution in [0, 0.1) is 0 Å². The van der Waals surface area contributed by atoms with Crippen LogP contribution in [0.2, 0.25) is 0 Å². The highest BCUT2D eigenvalue weighted by atomic mass is 16.5. The lowest BCUT2D eigenvalue weighted by molar-refractivity contribution is -0.151. The zero-order valence-corrected chi connectivity index (χ0v) is 17.5. The van der Waals surface area contributed by atoms with Crippen LogP contribution >= 0.6 is 0 Å². The van der Waals surface area contributed by atoms with Crippen molar-refractivity contribution in [2.75, 3.05) is 26.8 Å². The third-order valence-corrected chi connectivity index (χ3v) is 6.08. The summed E-state index contributed by atoms with van der Waals surface area (Å²) in [6.45, 7) is 2.13. The highest BCUT2D eigenvalue weighted by Crippen LogP contribution is 2.36. The number of ether oxygens (including phenoxy) is 3. The zero-order valence-electron chi connectivity index (χ0n) is 17.5. The van der Waals surface area contributed by atoms with Crippen LogP contribution in [0.1, 0.15) is 37.7 Å². The van der Waals surface area contributed by atoms with Gasteiger partial charge in [-0.25, -0.2) is 9.97 Å². The molecule has 2 aliphatic heterocycles. The molecule has 1 atom stereocenters. The van der Waals surface area contributed by atoms with Gasteiger partial charge < -0.3 is 19.1 Å². The van der Waals surface area contributed by atoms with Crippen molar-refractivity contribution in [3.8, 4) is 11.8 Å². The Morgan fingerprint density at radius 3 is 2.63 bits per heavy atom. The molecule has 2 aromatic rings. The van der Waals surface area contributed by atoms with Crippen LogP contribution in [0.15, 0.2) is 42.7 Å². The molecule has 0 radical (unpaired) electrons. The molecule has 1 aromatic heterocycles. The second-order valence-electron chi connectivity index (χ2n) is 8.02. The number of likely N-dealkylation sites (tertiary alicyclic amines) is 1. The van der Waals surface area contributed by atoms with Crippen LogP contribution < -0.4 is 9.47 Å². The molecule has 0 aliphatic carbocycles. The number of rotatable bonds is 6. The number of methoxy groups -OCH3 is 1. The smallest absolute Gasteiger partial charge is 0.316 e. The van der Waals surface area contributed by atoms with Gasteiger partial charge in [0, 0.05) is 44.7 Å². The van der Waals surface area contributed by atoms with Crippen molar-refractivity contribution < 1.29 is 19.0 Å². The summed E-state index contributed by atoms with van der Waals surface area (Å²) in [6, 6.07) is 10.1. The maximum absolute atomic E-state index is 12.7. The zero-order chi connectivity index (χ0) is 20.8. The molecular weight excluding hydrogens is 382 g/mol. The molecule has 4 rings (SSSR count). The predicted molar refractivity (Wildman–Crippen MR) is 111 cm³/mol. The molecular formula is C23H29N3O4. The first-order valence-corrected chi connectivity index (χ1v) is 10.6. The Morgan fingerprint density at radius 2 is 1.93 bits per heavy atom. The monoisotopic (exact) mass is 411 g/mol. The van der Waals surface area contributed by atoms with Gasteiger partial charge in [0.25, 0.3) is 0 Å². The van der Waals surface area contributed by atoms with E-state index in [1.807, 2.05) is 29.2 Å². The number of piperidine rings is 1. The minimum atomic E-state index is -0.204. The molecule has 2 fully saturated rings. The third-order valence-electron chi connectivity index (χ3n) is 6.08. The number of carbonyl (C=O) groups excluding carboxylic acids is 1. The number of carbonyl (C=O) groups is 1. The lowest BCUT2D eigenvalue weighted by Gasteiger charge is -2.45. The van der Waals surface area contributed by atoms with Gasteiger partial charge in [0.1, 0.15) is 11.9 Å². The fraction of sp³-hybridized carbons (Fsp3) is 0.522. The van der Waals surface area contributed by atoms with E-state index in [0.29, 0.717) is 19.0 Å². The van der Waals surface area contributed by atoms with E-state index in [9.17, 15) is 4.79 Å². The van der Waals surface area contributed by atoms with E-state index in [1.165, 1.54) is 0 Å². The van der Waals surface area contributed by atoms with Gasteiger partial charge in [-0.05, 0) is 43.0 Å². The van der Waals surface area contributed by atoms with Crippen LogP contribution in [0.3, 0.4) is 0 Å². The van der Waals surface area contributed by atoms with Crippen molar-refractivity contribution in [2.45, 2.75) is 50.2 Å². The van der Waals surface area contributed by atoms with Crippen LogP contribution in [-0.2, 0) is 16.0 Å². The summed E-state index contributed by atoms with van der Waals surface area (Å²) in [7, 11) is 1.65. The first kappa shape index (κ1) is 20.6. The number of aromatic nitrogens is 2. The molecule has 30 heavy (non-hydrogen) atoms. The Balaban J connectivity index is 1.25. The Bertz CT molecular complexity index is 820. The van der Waals surface area contributed by atoms with Gasteiger partial charge in [0.15, 0.2) is 0 Å². The summed E-state index contributed by atoms with van der Waals surface area (Å²) in [5, 5.41) is 0. The minimum absolute atomic E-state index is 0.0541. The number of amides is 1. The van der Waals surface area contributed by atoms with Gasteiger partial charge in [-0.3, -0.25) is 4.79 Å². The van der Waals surface area contributed by atoms with Crippen molar-refractivity contribution in [3.05, 3.63) is 48.3 Å². The first-order chi connectivity index (χ1) is 14.7. The van der Waals surface area contributed by atoms with E-state index in [2.05, 4.69) is 9.97 Å². The molecule has 1 amide bonds. The van der Waals surface area contributed by atoms with Gasteiger partial charge in [-0.1, -0.05) is 12.1 Å². The predicted octanol–water partition coefficient (Wildman–Crippen LogP) is 3.04. The van der Waals surface area contributed by atoms with E-state index >= 15 is 0 Å². The van der Waals surface area contributed by atoms with Gasteiger partial charge >= 0.3 is 6.01 Å². The van der Waals surface area contributed by atoms with E-state index in [4.69, 9.17) is 14.2 Å². The van der Waals surface area contributed by atoms with Crippen LogP contribution in [0.25, 0.3) is 0 Å². The summed E-state index contributed by atoms with van der Waals surface area (Å²) in [5.74, 6) is 1.04. The van der Waals surface area contributed by atoms with Crippen LogP contribution in [-0.4, -0.2) is 59.3 Å². The molecule has 3 heterocycles. The van der Waals surface area contributed by atoms with Gasteiger partial charge in [0.05, 0.1) is 19.3 Å². The summed E-state index contributed by atoms with van der Waals surface area (Å²) in [4.78, 5) is 23.0. The standard InChI is InChI=1S/C23H29N3O4/c1-28-19-6-3-18(4-7-19)5-8-21(27)26-14-10-23(11-15-26)17-20(9-16-29-23)30-22-24-12-2-13-25-22/h2-4,6-7,12-13,20H,5,8-11,14-17H2,1H3. The number of benzene rings is 1. The fourth-order valence-corrected chi connectivity index (χ4v) is 4.29.